The number of anilines is 1. The number of methoxy groups -OCH3 is 1. The molecule has 0 spiro atoms. The lowest BCUT2D eigenvalue weighted by molar-refractivity contribution is -0.118. The second-order valence-electron chi connectivity index (χ2n) is 9.45. The molecule has 4 aromatic carbocycles. The van der Waals surface area contributed by atoms with Gasteiger partial charge in [-0.2, -0.15) is 9.78 Å². The first-order chi connectivity index (χ1) is 21.3. The molecule has 0 aliphatic rings. The molecule has 0 saturated heterocycles. The molecule has 220 valence electrons. The second-order valence-corrected chi connectivity index (χ2v) is 10.3. The Morgan fingerprint density at radius 3 is 2.66 bits per heavy atom. The van der Waals surface area contributed by atoms with E-state index >= 15 is 0 Å². The van der Waals surface area contributed by atoms with E-state index in [1.807, 2.05) is 0 Å². The summed E-state index contributed by atoms with van der Waals surface area (Å²) in [7, 11) is 1.41. The van der Waals surface area contributed by atoms with E-state index in [0.717, 1.165) is 10.1 Å². The van der Waals surface area contributed by atoms with E-state index in [9.17, 15) is 14.0 Å². The van der Waals surface area contributed by atoms with Crippen molar-refractivity contribution >= 4 is 62.9 Å². The number of fused-ring (bicyclic) bond motifs is 2. The summed E-state index contributed by atoms with van der Waals surface area (Å²) in [4.78, 5) is 30.9. The molecule has 0 aliphatic carbocycles. The van der Waals surface area contributed by atoms with Crippen LogP contribution in [0.1, 0.15) is 5.56 Å². The second kappa shape index (κ2) is 12.2. The number of benzene rings is 4. The maximum Gasteiger partial charge on any atom is 0.282 e. The Morgan fingerprint density at radius 2 is 1.84 bits per heavy atom. The van der Waals surface area contributed by atoms with E-state index in [0.29, 0.717) is 21.5 Å². The number of aromatic nitrogens is 2. The molecule has 2 aromatic heterocycles. The van der Waals surface area contributed by atoms with Crippen LogP contribution in [0.3, 0.4) is 0 Å². The number of hydrogen-bond donors (Lipinski definition) is 1. The number of carbonyl (C=O) groups is 1. The average Bonchev–Trinajstić information content (AvgIpc) is 3.44. The van der Waals surface area contributed by atoms with Gasteiger partial charge in [0.2, 0.25) is 5.82 Å². The summed E-state index contributed by atoms with van der Waals surface area (Å²) >= 11 is 12.5. The fourth-order valence-corrected chi connectivity index (χ4v) is 4.91. The molecule has 2 heterocycles. The quantitative estimate of drug-likeness (QED) is 0.179. The molecule has 0 fully saturated rings. The Labute approximate surface area is 259 Å². The van der Waals surface area contributed by atoms with Crippen molar-refractivity contribution in [3.05, 3.63) is 117 Å². The highest BCUT2D eigenvalue weighted by molar-refractivity contribution is 6.31. The van der Waals surface area contributed by atoms with Gasteiger partial charge < -0.3 is 19.2 Å². The van der Waals surface area contributed by atoms with E-state index in [2.05, 4.69) is 15.4 Å². The van der Waals surface area contributed by atoms with Crippen LogP contribution in [-0.2, 0) is 4.79 Å². The zero-order valence-electron chi connectivity index (χ0n) is 22.9. The summed E-state index contributed by atoms with van der Waals surface area (Å²) < 4.78 is 32.4. The minimum absolute atomic E-state index is 0.00882. The molecule has 44 heavy (non-hydrogen) atoms. The number of amides is 1. The predicted molar refractivity (Wildman–Crippen MR) is 168 cm³/mol. The molecular formula is C32H21Cl2FN4O5. The first-order valence-corrected chi connectivity index (χ1v) is 13.9. The highest BCUT2D eigenvalue weighted by Crippen LogP contribution is 2.34. The standard InChI is InChI=1S/C32H21Cl2FN4O5/c1-42-27-15-21(34)13-19(30(27)43-17-29(40)37-25-9-5-3-7-23(25)35)16-36-39-31(38-24-8-4-2-6-22(24)32(39)41)28-14-18-12-20(33)10-11-26(18)44-28/h2-16H,17H2,1H3,(H,37,40). The number of carbonyl (C=O) groups excluding carboxylic acids is 1. The van der Waals surface area contributed by atoms with Crippen molar-refractivity contribution in [3.8, 4) is 23.1 Å². The van der Waals surface area contributed by atoms with Gasteiger partial charge >= 0.3 is 0 Å². The van der Waals surface area contributed by atoms with E-state index in [-0.39, 0.29) is 39.4 Å². The van der Waals surface area contributed by atoms with Crippen molar-refractivity contribution in [1.29, 1.82) is 0 Å². The Morgan fingerprint density at radius 1 is 1.05 bits per heavy atom. The van der Waals surface area contributed by atoms with Crippen molar-refractivity contribution < 1.29 is 23.1 Å². The molecular weight excluding hydrogens is 610 g/mol. The van der Waals surface area contributed by atoms with E-state index in [1.54, 1.807) is 54.6 Å². The summed E-state index contributed by atoms with van der Waals surface area (Å²) in [5, 5.41) is 8.77. The lowest BCUT2D eigenvalue weighted by Gasteiger charge is -2.14. The third kappa shape index (κ3) is 5.85. The summed E-state index contributed by atoms with van der Waals surface area (Å²) in [5.41, 5.74) is 0.837. The first kappa shape index (κ1) is 28.9. The van der Waals surface area contributed by atoms with Crippen molar-refractivity contribution in [2.75, 3.05) is 19.0 Å². The molecule has 0 saturated carbocycles. The molecule has 0 aliphatic heterocycles. The Balaban J connectivity index is 1.40. The highest BCUT2D eigenvalue weighted by atomic mass is 35.5. The van der Waals surface area contributed by atoms with Crippen molar-refractivity contribution in [2.24, 2.45) is 5.10 Å². The molecule has 0 atom stereocenters. The number of halogens is 3. The van der Waals surface area contributed by atoms with Crippen LogP contribution in [0, 0.1) is 5.82 Å². The van der Waals surface area contributed by atoms with Gasteiger partial charge in [-0.15, -0.1) is 0 Å². The zero-order chi connectivity index (χ0) is 30.8. The van der Waals surface area contributed by atoms with Crippen LogP contribution in [0.15, 0.2) is 99.2 Å². The Kier molecular flexibility index (Phi) is 8.01. The normalized spacial score (nSPS) is 11.4. The minimum Gasteiger partial charge on any atom is -0.493 e. The van der Waals surface area contributed by atoms with Gasteiger partial charge in [0.1, 0.15) is 11.4 Å². The number of nitrogens with zero attached hydrogens (tertiary/aromatic N) is 3. The van der Waals surface area contributed by atoms with Crippen LogP contribution >= 0.6 is 23.2 Å². The molecule has 1 N–H and O–H groups in total. The van der Waals surface area contributed by atoms with Crippen LogP contribution in [0.4, 0.5) is 10.1 Å². The van der Waals surface area contributed by atoms with Gasteiger partial charge in [0, 0.05) is 27.1 Å². The Bertz CT molecular complexity index is 2140. The molecule has 6 aromatic rings. The van der Waals surface area contributed by atoms with Crippen LogP contribution in [0.25, 0.3) is 33.5 Å². The third-order valence-electron chi connectivity index (χ3n) is 6.53. The maximum absolute atomic E-state index is 14.0. The third-order valence-corrected chi connectivity index (χ3v) is 6.98. The smallest absolute Gasteiger partial charge is 0.282 e. The number of furan rings is 1. The largest absolute Gasteiger partial charge is 0.493 e. The highest BCUT2D eigenvalue weighted by Gasteiger charge is 2.18. The monoisotopic (exact) mass is 630 g/mol. The topological polar surface area (TPSA) is 108 Å². The molecule has 1 amide bonds. The molecule has 0 unspecified atom stereocenters. The van der Waals surface area contributed by atoms with Gasteiger partial charge in [-0.3, -0.25) is 9.59 Å². The van der Waals surface area contributed by atoms with Crippen molar-refractivity contribution in [1.82, 2.24) is 9.66 Å². The van der Waals surface area contributed by atoms with Gasteiger partial charge in [-0.25, -0.2) is 9.37 Å². The predicted octanol–water partition coefficient (Wildman–Crippen LogP) is 7.16. The van der Waals surface area contributed by atoms with Crippen molar-refractivity contribution in [3.63, 3.8) is 0 Å². The van der Waals surface area contributed by atoms with Crippen LogP contribution < -0.4 is 20.3 Å². The van der Waals surface area contributed by atoms with Gasteiger partial charge in [0.05, 0.1) is 29.9 Å². The Hall–Kier alpha value is -5.19. The van der Waals surface area contributed by atoms with E-state index in [1.165, 1.54) is 43.7 Å². The first-order valence-electron chi connectivity index (χ1n) is 13.1. The van der Waals surface area contributed by atoms with Gasteiger partial charge in [0.25, 0.3) is 11.5 Å². The summed E-state index contributed by atoms with van der Waals surface area (Å²) in [5.74, 6) is -0.458. The molecule has 0 radical (unpaired) electrons. The molecule has 0 bridgehead atoms. The summed E-state index contributed by atoms with van der Waals surface area (Å²) in [6, 6.07) is 22.5. The molecule has 6 rings (SSSR count). The van der Waals surface area contributed by atoms with Gasteiger partial charge in [0.15, 0.2) is 23.9 Å². The van der Waals surface area contributed by atoms with E-state index in [4.69, 9.17) is 37.1 Å². The van der Waals surface area contributed by atoms with Gasteiger partial charge in [-0.1, -0.05) is 47.5 Å². The summed E-state index contributed by atoms with van der Waals surface area (Å²) in [6.07, 6.45) is 1.33. The van der Waals surface area contributed by atoms with Crippen LogP contribution in [-0.4, -0.2) is 35.5 Å². The van der Waals surface area contributed by atoms with Gasteiger partial charge in [-0.05, 0) is 54.6 Å². The van der Waals surface area contributed by atoms with Crippen LogP contribution in [0.5, 0.6) is 11.5 Å². The number of nitrogens with one attached hydrogen (secondary N) is 1. The number of hydrogen-bond acceptors (Lipinski definition) is 7. The zero-order valence-corrected chi connectivity index (χ0v) is 24.4. The molecule has 12 heteroatoms. The molecule has 9 nitrogen and oxygen atoms in total. The van der Waals surface area contributed by atoms with Crippen LogP contribution in [0.2, 0.25) is 10.0 Å². The lowest BCUT2D eigenvalue weighted by Crippen LogP contribution is -2.21. The maximum atomic E-state index is 14.0. The average molecular weight is 631 g/mol. The minimum atomic E-state index is -0.614. The number of rotatable bonds is 8. The lowest BCUT2D eigenvalue weighted by atomic mass is 10.2. The number of ether oxygens (including phenoxy) is 2. The fraction of sp³-hybridized carbons (Fsp3) is 0.0625. The van der Waals surface area contributed by atoms with E-state index < -0.39 is 23.9 Å². The summed E-state index contributed by atoms with van der Waals surface area (Å²) in [6.45, 7) is -0.489. The number of para-hydroxylation sites is 2. The van der Waals surface area contributed by atoms with Crippen molar-refractivity contribution in [2.45, 2.75) is 0 Å². The SMILES string of the molecule is COc1cc(Cl)cc(C=Nn2c(-c3cc4cc(Cl)ccc4o3)nc3ccccc3c2=O)c1OCC(=O)Nc1ccccc1F. The fourth-order valence-electron chi connectivity index (χ4n) is 4.51.